The minimum atomic E-state index is -0.346. The van der Waals surface area contributed by atoms with Crippen molar-refractivity contribution in [3.63, 3.8) is 0 Å². The summed E-state index contributed by atoms with van der Waals surface area (Å²) in [6.45, 7) is 5.96. The van der Waals surface area contributed by atoms with Gasteiger partial charge in [0.1, 0.15) is 5.70 Å². The van der Waals surface area contributed by atoms with Crippen LogP contribution in [-0.2, 0) is 9.59 Å². The van der Waals surface area contributed by atoms with Crippen LogP contribution in [0.15, 0.2) is 78.5 Å². The lowest BCUT2D eigenvalue weighted by Gasteiger charge is -2.17. The summed E-state index contributed by atoms with van der Waals surface area (Å²) in [4.78, 5) is 28.1. The Kier molecular flexibility index (Phi) is 4.77. The number of amides is 2. The number of benzene rings is 3. The molecule has 4 rings (SSSR count). The van der Waals surface area contributed by atoms with Crippen molar-refractivity contribution in [1.29, 1.82) is 0 Å². The van der Waals surface area contributed by atoms with Crippen molar-refractivity contribution >= 4 is 28.8 Å². The van der Waals surface area contributed by atoms with E-state index in [1.54, 1.807) is 6.07 Å². The van der Waals surface area contributed by atoms with Crippen LogP contribution in [0.25, 0.3) is 5.57 Å². The summed E-state index contributed by atoms with van der Waals surface area (Å²) < 4.78 is 0. The van der Waals surface area contributed by atoms with Gasteiger partial charge in [-0.25, -0.2) is 4.90 Å². The molecule has 0 aromatic heterocycles. The van der Waals surface area contributed by atoms with Crippen LogP contribution in [0.1, 0.15) is 22.3 Å². The van der Waals surface area contributed by atoms with E-state index in [2.05, 4.69) is 5.32 Å². The number of hydrogen-bond acceptors (Lipinski definition) is 3. The number of nitrogens with one attached hydrogen (secondary N) is 1. The summed E-state index contributed by atoms with van der Waals surface area (Å²) in [5, 5.41) is 3.22. The molecule has 0 fully saturated rings. The third kappa shape index (κ3) is 3.34. The van der Waals surface area contributed by atoms with Crippen molar-refractivity contribution < 1.29 is 9.59 Å². The monoisotopic (exact) mass is 382 g/mol. The van der Waals surface area contributed by atoms with Crippen molar-refractivity contribution in [2.45, 2.75) is 20.8 Å². The van der Waals surface area contributed by atoms with E-state index >= 15 is 0 Å². The highest BCUT2D eigenvalue weighted by atomic mass is 16.2. The molecule has 2 amide bonds. The Bertz CT molecular complexity index is 1150. The maximum absolute atomic E-state index is 13.4. The third-order valence-corrected chi connectivity index (χ3v) is 5.28. The second-order valence-electron chi connectivity index (χ2n) is 7.27. The molecule has 0 saturated heterocycles. The summed E-state index contributed by atoms with van der Waals surface area (Å²) in [6, 6.07) is 22.7. The smallest absolute Gasteiger partial charge is 0.282 e. The normalized spacial score (nSPS) is 14.0. The maximum Gasteiger partial charge on any atom is 0.282 e. The molecule has 1 aliphatic heterocycles. The summed E-state index contributed by atoms with van der Waals surface area (Å²) in [7, 11) is 0. The van der Waals surface area contributed by atoms with E-state index in [-0.39, 0.29) is 11.8 Å². The van der Waals surface area contributed by atoms with Crippen LogP contribution in [0.2, 0.25) is 0 Å². The van der Waals surface area contributed by atoms with Gasteiger partial charge >= 0.3 is 0 Å². The predicted octanol–water partition coefficient (Wildman–Crippen LogP) is 5.01. The Labute approximate surface area is 170 Å². The van der Waals surface area contributed by atoms with E-state index in [0.29, 0.717) is 22.5 Å². The molecule has 29 heavy (non-hydrogen) atoms. The number of anilines is 2. The Morgan fingerprint density at radius 1 is 0.690 bits per heavy atom. The molecule has 0 radical (unpaired) electrons. The number of nitrogens with zero attached hydrogens (tertiary/aromatic N) is 1. The average Bonchev–Trinajstić information content (AvgIpc) is 2.96. The number of carbonyl (C=O) groups is 2. The van der Waals surface area contributed by atoms with Gasteiger partial charge < -0.3 is 5.32 Å². The predicted molar refractivity (Wildman–Crippen MR) is 117 cm³/mol. The summed E-state index contributed by atoms with van der Waals surface area (Å²) in [5.74, 6) is -0.664. The Hall–Kier alpha value is -3.66. The number of aryl methyl sites for hydroxylation is 3. The maximum atomic E-state index is 13.4. The Morgan fingerprint density at radius 3 is 2.07 bits per heavy atom. The van der Waals surface area contributed by atoms with Crippen molar-refractivity contribution in [3.05, 3.63) is 101 Å². The van der Waals surface area contributed by atoms with Crippen molar-refractivity contribution in [2.24, 2.45) is 0 Å². The number of hydrogen-bond donors (Lipinski definition) is 1. The molecule has 1 N–H and O–H groups in total. The lowest BCUT2D eigenvalue weighted by Crippen LogP contribution is -2.33. The van der Waals surface area contributed by atoms with E-state index < -0.39 is 0 Å². The molecule has 0 aliphatic carbocycles. The van der Waals surface area contributed by atoms with E-state index in [4.69, 9.17) is 0 Å². The summed E-state index contributed by atoms with van der Waals surface area (Å²) >= 11 is 0. The highest BCUT2D eigenvalue weighted by molar-refractivity contribution is 6.46. The van der Waals surface area contributed by atoms with Gasteiger partial charge in [-0.1, -0.05) is 54.6 Å². The van der Waals surface area contributed by atoms with Crippen LogP contribution >= 0.6 is 0 Å². The van der Waals surface area contributed by atoms with Gasteiger partial charge in [0.15, 0.2) is 0 Å². The molecule has 0 unspecified atom stereocenters. The summed E-state index contributed by atoms with van der Waals surface area (Å²) in [5.41, 5.74) is 5.94. The van der Waals surface area contributed by atoms with Crippen molar-refractivity contribution in [3.8, 4) is 0 Å². The topological polar surface area (TPSA) is 49.4 Å². The number of para-hydroxylation sites is 1. The first-order valence-corrected chi connectivity index (χ1v) is 9.56. The Balaban J connectivity index is 1.84. The third-order valence-electron chi connectivity index (χ3n) is 5.28. The molecule has 0 atom stereocenters. The number of imide groups is 1. The van der Waals surface area contributed by atoms with Crippen LogP contribution < -0.4 is 10.2 Å². The lowest BCUT2D eigenvalue weighted by molar-refractivity contribution is -0.120. The molecule has 0 spiro atoms. The molecule has 3 aromatic rings. The fraction of sp³-hybridized carbons (Fsp3) is 0.120. The minimum absolute atomic E-state index is 0.299. The second kappa shape index (κ2) is 7.40. The molecule has 0 saturated carbocycles. The van der Waals surface area contributed by atoms with Crippen LogP contribution in [0.3, 0.4) is 0 Å². The van der Waals surface area contributed by atoms with E-state index in [0.717, 1.165) is 16.8 Å². The highest BCUT2D eigenvalue weighted by Gasteiger charge is 2.40. The first-order chi connectivity index (χ1) is 14.0. The zero-order chi connectivity index (χ0) is 20.5. The van der Waals surface area contributed by atoms with Gasteiger partial charge in [-0.15, -0.1) is 0 Å². The van der Waals surface area contributed by atoms with Crippen LogP contribution in [0.4, 0.5) is 11.4 Å². The molecule has 144 valence electrons. The highest BCUT2D eigenvalue weighted by Crippen LogP contribution is 2.35. The van der Waals surface area contributed by atoms with E-state index in [9.17, 15) is 9.59 Å². The molecule has 4 heteroatoms. The summed E-state index contributed by atoms with van der Waals surface area (Å²) in [6.07, 6.45) is 0. The van der Waals surface area contributed by atoms with Gasteiger partial charge in [-0.2, -0.15) is 0 Å². The number of carbonyl (C=O) groups excluding carboxylic acids is 2. The van der Waals surface area contributed by atoms with Crippen LogP contribution in [0.5, 0.6) is 0 Å². The molecule has 3 aromatic carbocycles. The second-order valence-corrected chi connectivity index (χ2v) is 7.27. The zero-order valence-electron chi connectivity index (χ0n) is 16.7. The molecular weight excluding hydrogens is 360 g/mol. The standard InChI is InChI=1S/C25H22N2O2/c1-16-13-14-20(15-18(16)3)26-23-22(19-10-5-4-6-11-19)24(28)27(25(23)29)21-12-8-7-9-17(21)2/h4-15,26H,1-3H3. The van der Waals surface area contributed by atoms with Gasteiger partial charge in [-0.05, 0) is 61.2 Å². The van der Waals surface area contributed by atoms with Gasteiger partial charge in [0.2, 0.25) is 0 Å². The molecule has 1 aliphatic rings. The molecule has 0 bridgehead atoms. The van der Waals surface area contributed by atoms with Gasteiger partial charge in [-0.3, -0.25) is 9.59 Å². The van der Waals surface area contributed by atoms with Gasteiger partial charge in [0.05, 0.1) is 11.3 Å². The van der Waals surface area contributed by atoms with Crippen molar-refractivity contribution in [2.75, 3.05) is 10.2 Å². The van der Waals surface area contributed by atoms with E-state index in [1.165, 1.54) is 10.5 Å². The number of rotatable bonds is 4. The van der Waals surface area contributed by atoms with Gasteiger partial charge in [0, 0.05) is 5.69 Å². The molecule has 1 heterocycles. The fourth-order valence-corrected chi connectivity index (χ4v) is 3.51. The minimum Gasteiger partial charge on any atom is -0.350 e. The van der Waals surface area contributed by atoms with E-state index in [1.807, 2.05) is 87.5 Å². The quantitative estimate of drug-likeness (QED) is 0.646. The largest absolute Gasteiger partial charge is 0.350 e. The SMILES string of the molecule is Cc1ccc(NC2=C(c3ccccc3)C(=O)N(c3ccccc3C)C2=O)cc1C. The fourth-order valence-electron chi connectivity index (χ4n) is 3.51. The Morgan fingerprint density at radius 2 is 1.38 bits per heavy atom. The first kappa shape index (κ1) is 18.7. The first-order valence-electron chi connectivity index (χ1n) is 9.56. The molecular formula is C25H22N2O2. The van der Waals surface area contributed by atoms with Crippen LogP contribution in [0, 0.1) is 20.8 Å². The zero-order valence-corrected chi connectivity index (χ0v) is 16.7. The van der Waals surface area contributed by atoms with Crippen LogP contribution in [-0.4, -0.2) is 11.8 Å². The van der Waals surface area contributed by atoms with Crippen molar-refractivity contribution in [1.82, 2.24) is 0 Å². The average molecular weight is 382 g/mol. The van der Waals surface area contributed by atoms with Gasteiger partial charge in [0.25, 0.3) is 11.8 Å². The lowest BCUT2D eigenvalue weighted by atomic mass is 10.0. The molecule has 4 nitrogen and oxygen atoms in total.